The van der Waals surface area contributed by atoms with Crippen LogP contribution in [-0.2, 0) is 11.3 Å². The van der Waals surface area contributed by atoms with E-state index in [1.807, 2.05) is 13.1 Å². The van der Waals surface area contributed by atoms with Crippen molar-refractivity contribution in [1.29, 1.82) is 0 Å². The maximum absolute atomic E-state index is 12.1. The molecule has 0 aliphatic heterocycles. The van der Waals surface area contributed by atoms with Crippen molar-refractivity contribution in [2.24, 2.45) is 0 Å². The Bertz CT molecular complexity index is 661. The molecule has 1 heterocycles. The van der Waals surface area contributed by atoms with Crippen LogP contribution < -0.4 is 10.1 Å². The lowest BCUT2D eigenvalue weighted by molar-refractivity contribution is -0.116. The Kier molecular flexibility index (Phi) is 5.32. The van der Waals surface area contributed by atoms with Crippen molar-refractivity contribution in [3.8, 4) is 5.75 Å². The Hall–Kier alpha value is -2.15. The predicted octanol–water partition coefficient (Wildman–Crippen LogP) is 3.48. The zero-order valence-electron chi connectivity index (χ0n) is 11.7. The second kappa shape index (κ2) is 7.22. The van der Waals surface area contributed by atoms with Crippen molar-refractivity contribution in [2.75, 3.05) is 5.32 Å². The summed E-state index contributed by atoms with van der Waals surface area (Å²) in [7, 11) is 0. The second-order valence-corrected chi connectivity index (χ2v) is 5.01. The Morgan fingerprint density at radius 2 is 2.27 bits per heavy atom. The van der Waals surface area contributed by atoms with Gasteiger partial charge in [-0.1, -0.05) is 11.6 Å². The van der Waals surface area contributed by atoms with Crippen LogP contribution in [0, 0.1) is 6.92 Å². The van der Waals surface area contributed by atoms with Gasteiger partial charge in [-0.25, -0.2) is 0 Å². The molecule has 2 rings (SSSR count). The van der Waals surface area contributed by atoms with Crippen LogP contribution in [0.15, 0.2) is 30.6 Å². The molecule has 1 aromatic carbocycles. The van der Waals surface area contributed by atoms with E-state index >= 15 is 0 Å². The maximum Gasteiger partial charge on any atom is 0.387 e. The number of benzene rings is 1. The quantitative estimate of drug-likeness (QED) is 0.882. The van der Waals surface area contributed by atoms with Crippen LogP contribution in [0.1, 0.15) is 12.0 Å². The van der Waals surface area contributed by atoms with Gasteiger partial charge in [0, 0.05) is 24.8 Å². The summed E-state index contributed by atoms with van der Waals surface area (Å²) < 4.78 is 30.1. The molecule has 1 N–H and O–H groups in total. The number of alkyl halides is 2. The minimum atomic E-state index is -2.95. The van der Waals surface area contributed by atoms with Crippen molar-refractivity contribution in [2.45, 2.75) is 26.5 Å². The molecule has 1 aromatic heterocycles. The molecule has 0 bridgehead atoms. The summed E-state index contributed by atoms with van der Waals surface area (Å²) in [4.78, 5) is 11.8. The van der Waals surface area contributed by atoms with E-state index in [1.165, 1.54) is 18.2 Å². The number of anilines is 1. The van der Waals surface area contributed by atoms with Gasteiger partial charge in [0.15, 0.2) is 0 Å². The zero-order valence-corrected chi connectivity index (χ0v) is 12.5. The van der Waals surface area contributed by atoms with Crippen LogP contribution in [0.4, 0.5) is 14.5 Å². The molecular weight excluding hydrogens is 316 g/mol. The molecule has 0 fully saturated rings. The first-order chi connectivity index (χ1) is 10.4. The van der Waals surface area contributed by atoms with Gasteiger partial charge in [-0.2, -0.15) is 13.9 Å². The summed E-state index contributed by atoms with van der Waals surface area (Å²) >= 11 is 5.81. The molecule has 0 radical (unpaired) electrons. The predicted molar refractivity (Wildman–Crippen MR) is 78.3 cm³/mol. The Labute approximate surface area is 130 Å². The lowest BCUT2D eigenvalue weighted by Gasteiger charge is -2.09. The van der Waals surface area contributed by atoms with Crippen LogP contribution in [0.25, 0.3) is 0 Å². The van der Waals surface area contributed by atoms with Crippen LogP contribution in [-0.4, -0.2) is 22.3 Å². The van der Waals surface area contributed by atoms with E-state index < -0.39 is 6.61 Å². The third kappa shape index (κ3) is 4.70. The number of hydrogen-bond donors (Lipinski definition) is 1. The normalized spacial score (nSPS) is 10.8. The first kappa shape index (κ1) is 16.2. The topological polar surface area (TPSA) is 56.2 Å². The summed E-state index contributed by atoms with van der Waals surface area (Å²) in [5, 5.41) is 6.71. The van der Waals surface area contributed by atoms with Crippen molar-refractivity contribution in [3.63, 3.8) is 0 Å². The van der Waals surface area contributed by atoms with Gasteiger partial charge in [0.25, 0.3) is 0 Å². The van der Waals surface area contributed by atoms with Crippen molar-refractivity contribution in [1.82, 2.24) is 9.78 Å². The number of aromatic nitrogens is 2. The van der Waals surface area contributed by atoms with E-state index in [4.69, 9.17) is 11.6 Å². The Morgan fingerprint density at radius 3 is 2.86 bits per heavy atom. The standard InChI is InChI=1S/C14H14ClF2N3O2/c1-9-7-18-20(8-9)5-4-13(21)19-10-2-3-12(11(15)6-10)22-14(16)17/h2-3,6-8,14H,4-5H2,1H3,(H,19,21). The molecule has 0 aliphatic carbocycles. The number of aryl methyl sites for hydroxylation is 2. The molecule has 1 amide bonds. The SMILES string of the molecule is Cc1cnn(CCC(=O)Nc2ccc(OC(F)F)c(Cl)c2)c1. The van der Waals surface area contributed by atoms with E-state index in [0.29, 0.717) is 12.2 Å². The number of nitrogens with one attached hydrogen (secondary N) is 1. The average molecular weight is 330 g/mol. The fourth-order valence-electron chi connectivity index (χ4n) is 1.80. The minimum Gasteiger partial charge on any atom is -0.433 e. The third-order valence-electron chi connectivity index (χ3n) is 2.76. The fourth-order valence-corrected chi connectivity index (χ4v) is 2.02. The van der Waals surface area contributed by atoms with Gasteiger partial charge in [-0.3, -0.25) is 9.48 Å². The van der Waals surface area contributed by atoms with Gasteiger partial charge in [0.2, 0.25) is 5.91 Å². The number of rotatable bonds is 6. The van der Waals surface area contributed by atoms with Crippen LogP contribution >= 0.6 is 11.6 Å². The highest BCUT2D eigenvalue weighted by atomic mass is 35.5. The molecule has 2 aromatic rings. The molecule has 0 aliphatic rings. The zero-order chi connectivity index (χ0) is 16.1. The number of amides is 1. The number of halogens is 3. The first-order valence-corrected chi connectivity index (χ1v) is 6.85. The number of hydrogen-bond acceptors (Lipinski definition) is 3. The van der Waals surface area contributed by atoms with E-state index in [1.54, 1.807) is 10.9 Å². The van der Waals surface area contributed by atoms with Gasteiger partial charge < -0.3 is 10.1 Å². The molecule has 5 nitrogen and oxygen atoms in total. The third-order valence-corrected chi connectivity index (χ3v) is 3.06. The van der Waals surface area contributed by atoms with Crippen LogP contribution in [0.3, 0.4) is 0 Å². The minimum absolute atomic E-state index is 0.000742. The Morgan fingerprint density at radius 1 is 1.50 bits per heavy atom. The molecule has 0 saturated carbocycles. The smallest absolute Gasteiger partial charge is 0.387 e. The summed E-state index contributed by atoms with van der Waals surface area (Å²) in [6.45, 7) is -0.593. The summed E-state index contributed by atoms with van der Waals surface area (Å²) in [5.41, 5.74) is 1.43. The highest BCUT2D eigenvalue weighted by Gasteiger charge is 2.10. The Balaban J connectivity index is 1.89. The molecule has 8 heteroatoms. The number of carbonyl (C=O) groups is 1. The molecule has 0 unspecified atom stereocenters. The van der Waals surface area contributed by atoms with Crippen molar-refractivity contribution >= 4 is 23.2 Å². The second-order valence-electron chi connectivity index (χ2n) is 4.60. The molecule has 22 heavy (non-hydrogen) atoms. The summed E-state index contributed by atoms with van der Waals surface area (Å²) in [5.74, 6) is -0.367. The fraction of sp³-hybridized carbons (Fsp3) is 0.286. The number of nitrogens with zero attached hydrogens (tertiary/aromatic N) is 2. The average Bonchev–Trinajstić information content (AvgIpc) is 2.85. The molecule has 0 saturated heterocycles. The van der Waals surface area contributed by atoms with E-state index in [0.717, 1.165) is 5.56 Å². The van der Waals surface area contributed by atoms with E-state index in [2.05, 4.69) is 15.2 Å². The molecule has 0 atom stereocenters. The van der Waals surface area contributed by atoms with Gasteiger partial charge in [-0.15, -0.1) is 0 Å². The monoisotopic (exact) mass is 329 g/mol. The van der Waals surface area contributed by atoms with Crippen LogP contribution in [0.2, 0.25) is 5.02 Å². The van der Waals surface area contributed by atoms with Crippen LogP contribution in [0.5, 0.6) is 5.75 Å². The highest BCUT2D eigenvalue weighted by molar-refractivity contribution is 6.32. The van der Waals surface area contributed by atoms with Gasteiger partial charge in [0.05, 0.1) is 11.2 Å². The molecule has 0 spiro atoms. The maximum atomic E-state index is 12.1. The lowest BCUT2D eigenvalue weighted by atomic mass is 10.3. The lowest BCUT2D eigenvalue weighted by Crippen LogP contribution is -2.14. The first-order valence-electron chi connectivity index (χ1n) is 6.47. The van der Waals surface area contributed by atoms with Crippen molar-refractivity contribution in [3.05, 3.63) is 41.2 Å². The number of carbonyl (C=O) groups excluding carboxylic acids is 1. The largest absolute Gasteiger partial charge is 0.433 e. The number of ether oxygens (including phenoxy) is 1. The summed E-state index contributed by atoms with van der Waals surface area (Å²) in [6.07, 6.45) is 3.77. The summed E-state index contributed by atoms with van der Waals surface area (Å²) in [6, 6.07) is 4.08. The van der Waals surface area contributed by atoms with E-state index in [-0.39, 0.29) is 23.1 Å². The van der Waals surface area contributed by atoms with Gasteiger partial charge >= 0.3 is 6.61 Å². The van der Waals surface area contributed by atoms with Crippen molar-refractivity contribution < 1.29 is 18.3 Å². The van der Waals surface area contributed by atoms with E-state index in [9.17, 15) is 13.6 Å². The highest BCUT2D eigenvalue weighted by Crippen LogP contribution is 2.28. The molecular formula is C14H14ClF2N3O2. The van der Waals surface area contributed by atoms with Gasteiger partial charge in [-0.05, 0) is 30.7 Å². The molecule has 118 valence electrons. The van der Waals surface area contributed by atoms with Gasteiger partial charge in [0.1, 0.15) is 5.75 Å².